The summed E-state index contributed by atoms with van der Waals surface area (Å²) in [7, 11) is 0. The molecular formula is C23H36N4O2. The fourth-order valence-electron chi connectivity index (χ4n) is 4.26. The van der Waals surface area contributed by atoms with Gasteiger partial charge in [0.15, 0.2) is 0 Å². The minimum atomic E-state index is 0.0344. The van der Waals surface area contributed by atoms with Gasteiger partial charge in [0.1, 0.15) is 0 Å². The third-order valence-corrected chi connectivity index (χ3v) is 6.04. The third-order valence-electron chi connectivity index (χ3n) is 6.04. The van der Waals surface area contributed by atoms with Crippen molar-refractivity contribution in [3.63, 3.8) is 0 Å². The van der Waals surface area contributed by atoms with Crippen molar-refractivity contribution in [2.45, 2.75) is 39.2 Å². The summed E-state index contributed by atoms with van der Waals surface area (Å²) in [5.41, 5.74) is 1.15. The molecule has 3 rings (SSSR count). The monoisotopic (exact) mass is 400 g/mol. The van der Waals surface area contributed by atoms with Crippen LogP contribution in [0.15, 0.2) is 30.3 Å². The predicted molar refractivity (Wildman–Crippen MR) is 115 cm³/mol. The quantitative estimate of drug-likeness (QED) is 0.762. The summed E-state index contributed by atoms with van der Waals surface area (Å²) < 4.78 is 0. The maximum Gasteiger partial charge on any atom is 0.236 e. The molecule has 0 bridgehead atoms. The molecule has 0 spiro atoms. The molecule has 6 nitrogen and oxygen atoms in total. The number of hydrogen-bond acceptors (Lipinski definition) is 4. The average molecular weight is 401 g/mol. The molecule has 6 heteroatoms. The highest BCUT2D eigenvalue weighted by Gasteiger charge is 2.25. The molecule has 0 aliphatic carbocycles. The van der Waals surface area contributed by atoms with Gasteiger partial charge in [-0.15, -0.1) is 0 Å². The van der Waals surface area contributed by atoms with Crippen molar-refractivity contribution in [2.24, 2.45) is 5.92 Å². The summed E-state index contributed by atoms with van der Waals surface area (Å²) >= 11 is 0. The molecule has 1 N–H and O–H groups in total. The molecule has 0 saturated carbocycles. The summed E-state index contributed by atoms with van der Waals surface area (Å²) in [6, 6.07) is 10.2. The molecule has 2 heterocycles. The van der Waals surface area contributed by atoms with Crippen molar-refractivity contribution in [1.29, 1.82) is 0 Å². The molecule has 2 aliphatic rings. The minimum absolute atomic E-state index is 0.0344. The molecule has 2 aliphatic heterocycles. The maximum absolute atomic E-state index is 12.6. The van der Waals surface area contributed by atoms with Crippen LogP contribution >= 0.6 is 0 Å². The molecule has 160 valence electrons. The third kappa shape index (κ3) is 6.54. The van der Waals surface area contributed by atoms with E-state index in [9.17, 15) is 9.59 Å². The second kappa shape index (κ2) is 10.7. The van der Waals surface area contributed by atoms with Crippen LogP contribution in [-0.2, 0) is 9.59 Å². The maximum atomic E-state index is 12.6. The van der Waals surface area contributed by atoms with Crippen LogP contribution in [0.4, 0.5) is 0 Å². The van der Waals surface area contributed by atoms with Crippen LogP contribution in [0.5, 0.6) is 0 Å². The molecule has 2 fully saturated rings. The van der Waals surface area contributed by atoms with E-state index in [0.29, 0.717) is 19.0 Å². The van der Waals surface area contributed by atoms with Crippen molar-refractivity contribution >= 4 is 11.8 Å². The van der Waals surface area contributed by atoms with Crippen LogP contribution in [0, 0.1) is 5.92 Å². The lowest BCUT2D eigenvalue weighted by molar-refractivity contribution is -0.134. The second-order valence-corrected chi connectivity index (χ2v) is 8.69. The number of piperidine rings is 1. The van der Waals surface area contributed by atoms with Gasteiger partial charge in [-0.3, -0.25) is 19.4 Å². The van der Waals surface area contributed by atoms with E-state index >= 15 is 0 Å². The van der Waals surface area contributed by atoms with Gasteiger partial charge in [0.05, 0.1) is 19.1 Å². The summed E-state index contributed by atoms with van der Waals surface area (Å²) in [5, 5.41) is 3.21. The van der Waals surface area contributed by atoms with E-state index in [1.165, 1.54) is 6.42 Å². The first-order valence-electron chi connectivity index (χ1n) is 11.1. The Morgan fingerprint density at radius 2 is 1.45 bits per heavy atom. The normalized spacial score (nSPS) is 19.9. The van der Waals surface area contributed by atoms with Crippen molar-refractivity contribution in [3.05, 3.63) is 35.9 Å². The molecule has 29 heavy (non-hydrogen) atoms. The van der Waals surface area contributed by atoms with Gasteiger partial charge in [0.25, 0.3) is 0 Å². The van der Waals surface area contributed by atoms with Crippen LogP contribution in [0.2, 0.25) is 0 Å². The zero-order valence-electron chi connectivity index (χ0n) is 18.0. The van der Waals surface area contributed by atoms with E-state index in [1.54, 1.807) is 0 Å². The SMILES string of the molecule is CC(C)[C@H](NC(=O)CN1CCN(CC(=O)N2CCCCC2)CC1)c1ccccc1. The number of benzene rings is 1. The Labute approximate surface area is 175 Å². The van der Waals surface area contributed by atoms with Crippen LogP contribution in [0.25, 0.3) is 0 Å². The predicted octanol–water partition coefficient (Wildman–Crippen LogP) is 2.13. The fourth-order valence-corrected chi connectivity index (χ4v) is 4.26. The second-order valence-electron chi connectivity index (χ2n) is 8.69. The lowest BCUT2D eigenvalue weighted by Crippen LogP contribution is -2.52. The van der Waals surface area contributed by atoms with Crippen molar-refractivity contribution in [3.8, 4) is 0 Å². The number of hydrogen-bond donors (Lipinski definition) is 1. The summed E-state index contributed by atoms with van der Waals surface area (Å²) in [6.45, 7) is 10.4. The highest BCUT2D eigenvalue weighted by molar-refractivity contribution is 5.79. The highest BCUT2D eigenvalue weighted by Crippen LogP contribution is 2.21. The van der Waals surface area contributed by atoms with Gasteiger partial charge in [-0.05, 0) is 30.7 Å². The number of rotatable bonds is 7. The molecule has 1 atom stereocenters. The summed E-state index contributed by atoms with van der Waals surface area (Å²) in [6.07, 6.45) is 3.51. The van der Waals surface area contributed by atoms with Crippen molar-refractivity contribution < 1.29 is 9.59 Å². The average Bonchev–Trinajstić information content (AvgIpc) is 2.74. The summed E-state index contributed by atoms with van der Waals surface area (Å²) in [5.74, 6) is 0.669. The molecule has 1 aromatic rings. The number of nitrogens with zero attached hydrogens (tertiary/aromatic N) is 3. The Bertz CT molecular complexity index is 650. The molecule has 2 saturated heterocycles. The zero-order chi connectivity index (χ0) is 20.6. The smallest absolute Gasteiger partial charge is 0.236 e. The topological polar surface area (TPSA) is 55.9 Å². The first-order chi connectivity index (χ1) is 14.0. The number of piperazine rings is 1. The van der Waals surface area contributed by atoms with E-state index < -0.39 is 0 Å². The molecular weight excluding hydrogens is 364 g/mol. The van der Waals surface area contributed by atoms with Gasteiger partial charge in [-0.1, -0.05) is 44.2 Å². The van der Waals surface area contributed by atoms with Crippen LogP contribution in [0.1, 0.15) is 44.7 Å². The van der Waals surface area contributed by atoms with E-state index in [4.69, 9.17) is 0 Å². The first kappa shape index (κ1) is 21.8. The number of carbonyl (C=O) groups is 2. The molecule has 1 aromatic carbocycles. The zero-order valence-corrected chi connectivity index (χ0v) is 18.0. The summed E-state index contributed by atoms with van der Waals surface area (Å²) in [4.78, 5) is 31.5. The fraction of sp³-hybridized carbons (Fsp3) is 0.652. The van der Waals surface area contributed by atoms with E-state index in [2.05, 4.69) is 41.1 Å². The van der Waals surface area contributed by atoms with Gasteiger partial charge in [-0.25, -0.2) is 0 Å². The van der Waals surface area contributed by atoms with E-state index in [-0.39, 0.29) is 17.9 Å². The number of carbonyl (C=O) groups excluding carboxylic acids is 2. The highest BCUT2D eigenvalue weighted by atomic mass is 16.2. The molecule has 2 amide bonds. The van der Waals surface area contributed by atoms with Crippen molar-refractivity contribution in [1.82, 2.24) is 20.0 Å². The Hall–Kier alpha value is -1.92. The lowest BCUT2D eigenvalue weighted by atomic mass is 9.96. The largest absolute Gasteiger partial charge is 0.348 e. The number of likely N-dealkylation sites (tertiary alicyclic amines) is 1. The van der Waals surface area contributed by atoms with Gasteiger partial charge >= 0.3 is 0 Å². The van der Waals surface area contributed by atoms with Gasteiger partial charge in [0.2, 0.25) is 11.8 Å². The Morgan fingerprint density at radius 1 is 0.862 bits per heavy atom. The standard InChI is InChI=1S/C23H36N4O2/c1-19(2)23(20-9-5-3-6-10-20)24-21(28)17-25-13-15-26(16-14-25)18-22(29)27-11-7-4-8-12-27/h3,5-6,9-10,19,23H,4,7-8,11-18H2,1-2H3,(H,24,28)/t23-/m0/s1. The van der Waals surface area contributed by atoms with Crippen LogP contribution in [0.3, 0.4) is 0 Å². The minimum Gasteiger partial charge on any atom is -0.348 e. The van der Waals surface area contributed by atoms with Gasteiger partial charge in [-0.2, -0.15) is 0 Å². The molecule has 0 aromatic heterocycles. The van der Waals surface area contributed by atoms with Crippen LogP contribution < -0.4 is 5.32 Å². The Kier molecular flexibility index (Phi) is 8.07. The molecule has 0 radical (unpaired) electrons. The Morgan fingerprint density at radius 3 is 2.03 bits per heavy atom. The van der Waals surface area contributed by atoms with E-state index in [0.717, 1.165) is 57.7 Å². The number of amides is 2. The van der Waals surface area contributed by atoms with Gasteiger partial charge in [0, 0.05) is 39.3 Å². The van der Waals surface area contributed by atoms with Gasteiger partial charge < -0.3 is 10.2 Å². The lowest BCUT2D eigenvalue weighted by Gasteiger charge is -2.36. The number of nitrogens with one attached hydrogen (secondary N) is 1. The first-order valence-corrected chi connectivity index (χ1v) is 11.1. The van der Waals surface area contributed by atoms with E-state index in [1.807, 2.05) is 23.1 Å². The van der Waals surface area contributed by atoms with Crippen LogP contribution in [-0.4, -0.2) is 78.9 Å². The Balaban J connectivity index is 1.41. The van der Waals surface area contributed by atoms with Crippen molar-refractivity contribution in [2.75, 3.05) is 52.4 Å². The molecule has 0 unspecified atom stereocenters.